The van der Waals surface area contributed by atoms with Gasteiger partial charge in [-0.2, -0.15) is 0 Å². The van der Waals surface area contributed by atoms with Gasteiger partial charge in [0.1, 0.15) is 18.2 Å². The molecule has 0 aromatic heterocycles. The fraction of sp³-hybridized carbons (Fsp3) is 0.188. The molecule has 0 saturated heterocycles. The first-order chi connectivity index (χ1) is 9.47. The molecule has 0 aliphatic carbocycles. The van der Waals surface area contributed by atoms with Crippen molar-refractivity contribution in [1.29, 1.82) is 0 Å². The van der Waals surface area contributed by atoms with Crippen LogP contribution in [-0.4, -0.2) is 11.1 Å². The monoisotopic (exact) mass is 274 g/mol. The fourth-order valence-electron chi connectivity index (χ4n) is 1.95. The van der Waals surface area contributed by atoms with Gasteiger partial charge in [-0.25, -0.2) is 9.18 Å². The fourth-order valence-corrected chi connectivity index (χ4v) is 1.95. The van der Waals surface area contributed by atoms with Gasteiger partial charge in [0.15, 0.2) is 0 Å². The molecule has 0 bridgehead atoms. The molecule has 0 radical (unpaired) electrons. The van der Waals surface area contributed by atoms with Gasteiger partial charge in [-0.15, -0.1) is 0 Å². The first-order valence-corrected chi connectivity index (χ1v) is 6.19. The van der Waals surface area contributed by atoms with Crippen molar-refractivity contribution in [2.45, 2.75) is 20.5 Å². The van der Waals surface area contributed by atoms with Crippen molar-refractivity contribution < 1.29 is 19.0 Å². The van der Waals surface area contributed by atoms with E-state index in [1.54, 1.807) is 25.1 Å². The van der Waals surface area contributed by atoms with E-state index < -0.39 is 5.97 Å². The average molecular weight is 274 g/mol. The van der Waals surface area contributed by atoms with Crippen LogP contribution in [-0.2, 0) is 6.61 Å². The molecule has 20 heavy (non-hydrogen) atoms. The van der Waals surface area contributed by atoms with E-state index >= 15 is 0 Å². The van der Waals surface area contributed by atoms with E-state index in [2.05, 4.69) is 0 Å². The topological polar surface area (TPSA) is 46.5 Å². The van der Waals surface area contributed by atoms with Gasteiger partial charge in [-0.05, 0) is 60.9 Å². The number of rotatable bonds is 4. The minimum absolute atomic E-state index is 0.260. The molecule has 0 aliphatic heterocycles. The third kappa shape index (κ3) is 3.15. The standard InChI is InChI=1S/C16H15FO3/c1-10-7-13(17)4-3-12(10)9-20-14-5-6-15(16(18)19)11(2)8-14/h3-8H,9H2,1-2H3,(H,18,19). The lowest BCUT2D eigenvalue weighted by Gasteiger charge is -2.10. The molecular formula is C16H15FO3. The van der Waals surface area contributed by atoms with Gasteiger partial charge >= 0.3 is 5.97 Å². The number of hydrogen-bond donors (Lipinski definition) is 1. The van der Waals surface area contributed by atoms with Crippen molar-refractivity contribution in [3.8, 4) is 5.75 Å². The molecule has 0 aliphatic rings. The number of aryl methyl sites for hydroxylation is 2. The lowest BCUT2D eigenvalue weighted by molar-refractivity contribution is 0.0696. The highest BCUT2D eigenvalue weighted by Crippen LogP contribution is 2.19. The molecule has 0 saturated carbocycles. The lowest BCUT2D eigenvalue weighted by Crippen LogP contribution is -2.02. The number of ether oxygens (including phenoxy) is 1. The van der Waals surface area contributed by atoms with Crippen LogP contribution < -0.4 is 4.74 Å². The molecule has 2 rings (SSSR count). The zero-order valence-corrected chi connectivity index (χ0v) is 11.3. The SMILES string of the molecule is Cc1cc(F)ccc1COc1ccc(C(=O)O)c(C)c1. The Morgan fingerprint density at radius 3 is 2.50 bits per heavy atom. The maximum Gasteiger partial charge on any atom is 0.335 e. The van der Waals surface area contributed by atoms with E-state index in [1.165, 1.54) is 18.2 Å². The normalized spacial score (nSPS) is 10.3. The van der Waals surface area contributed by atoms with E-state index in [0.29, 0.717) is 17.9 Å². The van der Waals surface area contributed by atoms with Crippen molar-refractivity contribution in [2.24, 2.45) is 0 Å². The highest BCUT2D eigenvalue weighted by molar-refractivity contribution is 5.89. The maximum absolute atomic E-state index is 13.0. The summed E-state index contributed by atoms with van der Waals surface area (Å²) >= 11 is 0. The smallest absolute Gasteiger partial charge is 0.335 e. The summed E-state index contributed by atoms with van der Waals surface area (Å²) in [6.07, 6.45) is 0. The number of carboxylic acid groups (broad SMARTS) is 1. The highest BCUT2D eigenvalue weighted by atomic mass is 19.1. The summed E-state index contributed by atoms with van der Waals surface area (Å²) in [4.78, 5) is 10.9. The van der Waals surface area contributed by atoms with Crippen LogP contribution in [0.5, 0.6) is 5.75 Å². The van der Waals surface area contributed by atoms with Gasteiger partial charge in [-0.1, -0.05) is 6.07 Å². The van der Waals surface area contributed by atoms with E-state index in [0.717, 1.165) is 11.1 Å². The Bertz CT molecular complexity index is 650. The predicted octanol–water partition coefficient (Wildman–Crippen LogP) is 3.72. The summed E-state index contributed by atoms with van der Waals surface area (Å²) in [5.74, 6) is -0.632. The number of halogens is 1. The molecule has 4 heteroatoms. The lowest BCUT2D eigenvalue weighted by atomic mass is 10.1. The van der Waals surface area contributed by atoms with Crippen LogP contribution in [0.25, 0.3) is 0 Å². The summed E-state index contributed by atoms with van der Waals surface area (Å²) in [6.45, 7) is 3.86. The molecule has 0 unspecified atom stereocenters. The third-order valence-corrected chi connectivity index (χ3v) is 3.13. The van der Waals surface area contributed by atoms with Crippen molar-refractivity contribution in [3.63, 3.8) is 0 Å². The maximum atomic E-state index is 13.0. The number of carboxylic acids is 1. The highest BCUT2D eigenvalue weighted by Gasteiger charge is 2.08. The summed E-state index contributed by atoms with van der Waals surface area (Å²) in [7, 11) is 0. The summed E-state index contributed by atoms with van der Waals surface area (Å²) in [6, 6.07) is 9.35. The Balaban J connectivity index is 2.11. The molecule has 3 nitrogen and oxygen atoms in total. The van der Waals surface area contributed by atoms with E-state index in [4.69, 9.17) is 9.84 Å². The van der Waals surface area contributed by atoms with Crippen LogP contribution in [0.1, 0.15) is 27.0 Å². The van der Waals surface area contributed by atoms with Crippen LogP contribution in [0, 0.1) is 19.7 Å². The minimum Gasteiger partial charge on any atom is -0.489 e. The Hall–Kier alpha value is -2.36. The van der Waals surface area contributed by atoms with Gasteiger partial charge in [-0.3, -0.25) is 0 Å². The van der Waals surface area contributed by atoms with Crippen molar-refractivity contribution in [1.82, 2.24) is 0 Å². The Morgan fingerprint density at radius 1 is 1.15 bits per heavy atom. The summed E-state index contributed by atoms with van der Waals surface area (Å²) < 4.78 is 18.6. The molecule has 1 N–H and O–H groups in total. The molecule has 2 aromatic carbocycles. The van der Waals surface area contributed by atoms with E-state index in [-0.39, 0.29) is 11.4 Å². The number of hydrogen-bond acceptors (Lipinski definition) is 2. The first-order valence-electron chi connectivity index (χ1n) is 6.19. The minimum atomic E-state index is -0.955. The average Bonchev–Trinajstić information content (AvgIpc) is 2.37. The van der Waals surface area contributed by atoms with E-state index in [9.17, 15) is 9.18 Å². The van der Waals surface area contributed by atoms with Crippen LogP contribution in [0.15, 0.2) is 36.4 Å². The Labute approximate surface area is 116 Å². The quantitative estimate of drug-likeness (QED) is 0.924. The van der Waals surface area contributed by atoms with Crippen LogP contribution in [0.2, 0.25) is 0 Å². The third-order valence-electron chi connectivity index (χ3n) is 3.13. The van der Waals surface area contributed by atoms with Crippen LogP contribution in [0.3, 0.4) is 0 Å². The molecule has 104 valence electrons. The number of benzene rings is 2. The number of aromatic carboxylic acids is 1. The molecule has 0 amide bonds. The number of carbonyl (C=O) groups is 1. The van der Waals surface area contributed by atoms with Gasteiger partial charge < -0.3 is 9.84 Å². The second kappa shape index (κ2) is 5.74. The van der Waals surface area contributed by atoms with Crippen LogP contribution in [0.4, 0.5) is 4.39 Å². The Morgan fingerprint density at radius 2 is 1.90 bits per heavy atom. The molecule has 0 spiro atoms. The van der Waals surface area contributed by atoms with Gasteiger partial charge in [0.2, 0.25) is 0 Å². The molecule has 0 heterocycles. The first kappa shape index (κ1) is 14.1. The zero-order chi connectivity index (χ0) is 14.7. The van der Waals surface area contributed by atoms with Gasteiger partial charge in [0.05, 0.1) is 5.56 Å². The molecular weight excluding hydrogens is 259 g/mol. The summed E-state index contributed by atoms with van der Waals surface area (Å²) in [5, 5.41) is 8.95. The Kier molecular flexibility index (Phi) is 4.03. The van der Waals surface area contributed by atoms with Crippen molar-refractivity contribution in [2.75, 3.05) is 0 Å². The van der Waals surface area contributed by atoms with Crippen LogP contribution >= 0.6 is 0 Å². The van der Waals surface area contributed by atoms with Gasteiger partial charge in [0, 0.05) is 0 Å². The van der Waals surface area contributed by atoms with Crippen molar-refractivity contribution in [3.05, 3.63) is 64.5 Å². The second-order valence-corrected chi connectivity index (χ2v) is 4.64. The molecule has 0 fully saturated rings. The predicted molar refractivity (Wildman–Crippen MR) is 73.6 cm³/mol. The largest absolute Gasteiger partial charge is 0.489 e. The van der Waals surface area contributed by atoms with E-state index in [1.807, 2.05) is 6.92 Å². The molecule has 2 aromatic rings. The van der Waals surface area contributed by atoms with Gasteiger partial charge in [0.25, 0.3) is 0 Å². The summed E-state index contributed by atoms with van der Waals surface area (Å²) in [5.41, 5.74) is 2.62. The second-order valence-electron chi connectivity index (χ2n) is 4.64. The molecule has 0 atom stereocenters. The zero-order valence-electron chi connectivity index (χ0n) is 11.3. The van der Waals surface area contributed by atoms with Crippen molar-refractivity contribution >= 4 is 5.97 Å².